The van der Waals surface area contributed by atoms with Crippen molar-refractivity contribution in [2.45, 2.75) is 52.4 Å². The molecule has 0 rings (SSSR count). The highest BCUT2D eigenvalue weighted by atomic mass is 16.5. The molecule has 0 heterocycles. The van der Waals surface area contributed by atoms with E-state index in [1.165, 1.54) is 12.8 Å². The average Bonchev–Trinajstić information content (AvgIpc) is 2.38. The maximum absolute atomic E-state index is 9.58. The molecule has 3 heteroatoms. The highest BCUT2D eigenvalue weighted by Crippen LogP contribution is 2.33. The van der Waals surface area contributed by atoms with Gasteiger partial charge in [0.05, 0.1) is 13.2 Å². The third-order valence-electron chi connectivity index (χ3n) is 3.57. The third kappa shape index (κ3) is 7.74. The van der Waals surface area contributed by atoms with Gasteiger partial charge in [-0.25, -0.2) is 0 Å². The molecule has 0 aliphatic carbocycles. The van der Waals surface area contributed by atoms with Crippen LogP contribution in [-0.4, -0.2) is 38.6 Å². The molecular formula is C14H30O3. The maximum atomic E-state index is 9.58. The SMILES string of the molecule is CCCCC(CC)(CO)CCCOCCOC. The summed E-state index contributed by atoms with van der Waals surface area (Å²) in [6.07, 6.45) is 6.69. The summed E-state index contributed by atoms with van der Waals surface area (Å²) in [5.41, 5.74) is 0.126. The third-order valence-corrected chi connectivity index (χ3v) is 3.57. The fraction of sp³-hybridized carbons (Fsp3) is 1.00. The second kappa shape index (κ2) is 11.0. The van der Waals surface area contributed by atoms with Gasteiger partial charge in [-0.3, -0.25) is 0 Å². The Hall–Kier alpha value is -0.120. The number of ether oxygens (including phenoxy) is 2. The molecule has 0 radical (unpaired) electrons. The van der Waals surface area contributed by atoms with E-state index in [1.807, 2.05) is 0 Å². The number of hydrogen-bond donors (Lipinski definition) is 1. The van der Waals surface area contributed by atoms with Crippen LogP contribution >= 0.6 is 0 Å². The number of methoxy groups -OCH3 is 1. The summed E-state index contributed by atoms with van der Waals surface area (Å²) >= 11 is 0. The smallest absolute Gasteiger partial charge is 0.0700 e. The van der Waals surface area contributed by atoms with Gasteiger partial charge in [0, 0.05) is 20.3 Å². The molecule has 0 saturated heterocycles. The van der Waals surface area contributed by atoms with E-state index in [-0.39, 0.29) is 5.41 Å². The number of rotatable bonds is 12. The lowest BCUT2D eigenvalue weighted by molar-refractivity contribution is 0.0505. The zero-order chi connectivity index (χ0) is 13.0. The van der Waals surface area contributed by atoms with Gasteiger partial charge in [-0.15, -0.1) is 0 Å². The fourth-order valence-corrected chi connectivity index (χ4v) is 2.09. The summed E-state index contributed by atoms with van der Waals surface area (Å²) in [5, 5.41) is 9.58. The number of unbranched alkanes of at least 4 members (excludes halogenated alkanes) is 1. The molecule has 104 valence electrons. The predicted octanol–water partition coefficient (Wildman–Crippen LogP) is 3.01. The Morgan fingerprint density at radius 2 is 1.71 bits per heavy atom. The molecule has 1 atom stereocenters. The van der Waals surface area contributed by atoms with E-state index in [0.29, 0.717) is 19.8 Å². The van der Waals surface area contributed by atoms with Crippen LogP contribution in [0.5, 0.6) is 0 Å². The van der Waals surface area contributed by atoms with Crippen LogP contribution in [0.1, 0.15) is 52.4 Å². The zero-order valence-corrected chi connectivity index (χ0v) is 11.8. The Labute approximate surface area is 107 Å². The Kier molecular flexibility index (Phi) is 10.9. The van der Waals surface area contributed by atoms with Crippen molar-refractivity contribution >= 4 is 0 Å². The van der Waals surface area contributed by atoms with Gasteiger partial charge in [-0.05, 0) is 31.1 Å². The topological polar surface area (TPSA) is 38.7 Å². The minimum atomic E-state index is 0.126. The molecule has 1 unspecified atom stereocenters. The molecule has 0 aliphatic heterocycles. The Morgan fingerprint density at radius 1 is 1.00 bits per heavy atom. The number of aliphatic hydroxyl groups excluding tert-OH is 1. The maximum Gasteiger partial charge on any atom is 0.0700 e. The second-order valence-electron chi connectivity index (χ2n) is 4.82. The minimum absolute atomic E-state index is 0.126. The van der Waals surface area contributed by atoms with Crippen LogP contribution in [0.15, 0.2) is 0 Å². The van der Waals surface area contributed by atoms with Crippen LogP contribution in [0.4, 0.5) is 0 Å². The quantitative estimate of drug-likeness (QED) is 0.538. The molecule has 0 amide bonds. The first-order chi connectivity index (χ1) is 8.24. The van der Waals surface area contributed by atoms with E-state index < -0.39 is 0 Å². The Bertz CT molecular complexity index is 156. The van der Waals surface area contributed by atoms with Crippen molar-refractivity contribution in [1.82, 2.24) is 0 Å². The first-order valence-corrected chi connectivity index (χ1v) is 6.92. The van der Waals surface area contributed by atoms with Crippen LogP contribution in [-0.2, 0) is 9.47 Å². The van der Waals surface area contributed by atoms with E-state index in [1.54, 1.807) is 7.11 Å². The molecule has 0 aromatic carbocycles. The molecule has 1 N–H and O–H groups in total. The largest absolute Gasteiger partial charge is 0.396 e. The van der Waals surface area contributed by atoms with Gasteiger partial charge in [0.15, 0.2) is 0 Å². The lowest BCUT2D eigenvalue weighted by atomic mass is 9.77. The van der Waals surface area contributed by atoms with Crippen LogP contribution in [0.25, 0.3) is 0 Å². The summed E-state index contributed by atoms with van der Waals surface area (Å²) in [6, 6.07) is 0. The first-order valence-electron chi connectivity index (χ1n) is 6.92. The summed E-state index contributed by atoms with van der Waals surface area (Å²) in [4.78, 5) is 0. The lowest BCUT2D eigenvalue weighted by Crippen LogP contribution is -2.25. The van der Waals surface area contributed by atoms with Crippen molar-refractivity contribution in [3.63, 3.8) is 0 Å². The molecule has 0 fully saturated rings. The summed E-state index contributed by atoms with van der Waals surface area (Å²) in [7, 11) is 1.68. The summed E-state index contributed by atoms with van der Waals surface area (Å²) in [6.45, 7) is 6.79. The van der Waals surface area contributed by atoms with Gasteiger partial charge in [0.2, 0.25) is 0 Å². The molecule has 0 aromatic rings. The van der Waals surface area contributed by atoms with Crippen molar-refractivity contribution < 1.29 is 14.6 Å². The normalized spacial score (nSPS) is 14.8. The fourth-order valence-electron chi connectivity index (χ4n) is 2.09. The molecule has 17 heavy (non-hydrogen) atoms. The van der Waals surface area contributed by atoms with Gasteiger partial charge < -0.3 is 14.6 Å². The monoisotopic (exact) mass is 246 g/mol. The Balaban J connectivity index is 3.75. The van der Waals surface area contributed by atoms with Crippen molar-refractivity contribution in [3.05, 3.63) is 0 Å². The van der Waals surface area contributed by atoms with Crippen LogP contribution in [0, 0.1) is 5.41 Å². The van der Waals surface area contributed by atoms with E-state index in [0.717, 1.165) is 32.3 Å². The first kappa shape index (κ1) is 16.9. The number of hydrogen-bond acceptors (Lipinski definition) is 3. The standard InChI is InChI=1S/C14H30O3/c1-4-6-8-14(5-2,13-15)9-7-10-17-12-11-16-3/h15H,4-13H2,1-3H3. The molecule has 0 bridgehead atoms. The van der Waals surface area contributed by atoms with Gasteiger partial charge in [0.25, 0.3) is 0 Å². The van der Waals surface area contributed by atoms with Gasteiger partial charge in [-0.1, -0.05) is 26.7 Å². The molecule has 0 spiro atoms. The van der Waals surface area contributed by atoms with E-state index in [9.17, 15) is 5.11 Å². The minimum Gasteiger partial charge on any atom is -0.396 e. The summed E-state index contributed by atoms with van der Waals surface area (Å²) in [5.74, 6) is 0. The van der Waals surface area contributed by atoms with Crippen molar-refractivity contribution in [2.75, 3.05) is 33.5 Å². The Morgan fingerprint density at radius 3 is 2.24 bits per heavy atom. The molecule has 3 nitrogen and oxygen atoms in total. The van der Waals surface area contributed by atoms with Crippen molar-refractivity contribution in [2.24, 2.45) is 5.41 Å². The highest BCUT2D eigenvalue weighted by molar-refractivity contribution is 4.77. The zero-order valence-electron chi connectivity index (χ0n) is 11.8. The highest BCUT2D eigenvalue weighted by Gasteiger charge is 2.25. The molecule has 0 aliphatic rings. The van der Waals surface area contributed by atoms with Crippen LogP contribution < -0.4 is 0 Å². The van der Waals surface area contributed by atoms with Crippen molar-refractivity contribution in [3.8, 4) is 0 Å². The molecule has 0 aromatic heterocycles. The van der Waals surface area contributed by atoms with Crippen LogP contribution in [0.2, 0.25) is 0 Å². The second-order valence-corrected chi connectivity index (χ2v) is 4.82. The lowest BCUT2D eigenvalue weighted by Gasteiger charge is -2.30. The predicted molar refractivity (Wildman–Crippen MR) is 71.3 cm³/mol. The van der Waals surface area contributed by atoms with E-state index in [2.05, 4.69) is 13.8 Å². The number of aliphatic hydroxyl groups is 1. The molecular weight excluding hydrogens is 216 g/mol. The van der Waals surface area contributed by atoms with E-state index >= 15 is 0 Å². The summed E-state index contributed by atoms with van der Waals surface area (Å²) < 4.78 is 10.4. The molecule has 0 saturated carbocycles. The van der Waals surface area contributed by atoms with Gasteiger partial charge in [0.1, 0.15) is 0 Å². The van der Waals surface area contributed by atoms with Gasteiger partial charge >= 0.3 is 0 Å². The van der Waals surface area contributed by atoms with Gasteiger partial charge in [-0.2, -0.15) is 0 Å². The van der Waals surface area contributed by atoms with Crippen LogP contribution in [0.3, 0.4) is 0 Å². The van der Waals surface area contributed by atoms with Crippen molar-refractivity contribution in [1.29, 1.82) is 0 Å². The average molecular weight is 246 g/mol. The van der Waals surface area contributed by atoms with E-state index in [4.69, 9.17) is 9.47 Å².